The Kier molecular flexibility index (Phi) is 6.06. The highest BCUT2D eigenvalue weighted by atomic mass is 35.5. The molecule has 0 saturated carbocycles. The first kappa shape index (κ1) is 19.6. The molecule has 0 radical (unpaired) electrons. The zero-order valence-corrected chi connectivity index (χ0v) is 16.0. The van der Waals surface area contributed by atoms with Gasteiger partial charge in [0.1, 0.15) is 0 Å². The number of rotatable bonds is 7. The van der Waals surface area contributed by atoms with E-state index in [-0.39, 0.29) is 17.9 Å². The van der Waals surface area contributed by atoms with Crippen molar-refractivity contribution in [2.75, 3.05) is 5.32 Å². The molecule has 0 heterocycles. The Morgan fingerprint density at radius 2 is 1.75 bits per heavy atom. The lowest BCUT2D eigenvalue weighted by atomic mass is 9.96. The van der Waals surface area contributed by atoms with E-state index in [2.05, 4.69) is 5.32 Å². The van der Waals surface area contributed by atoms with Crippen molar-refractivity contribution in [1.29, 1.82) is 0 Å². The third-order valence-corrected chi connectivity index (χ3v) is 4.68. The average molecular weight is 395 g/mol. The molecular formula is C22H19ClN2O3. The first-order valence-corrected chi connectivity index (χ1v) is 9.16. The van der Waals surface area contributed by atoms with Crippen LogP contribution in [0.15, 0.2) is 72.8 Å². The maximum absolute atomic E-state index is 12.8. The molecule has 0 amide bonds. The molecule has 3 aromatic carbocycles. The van der Waals surface area contributed by atoms with Gasteiger partial charge < -0.3 is 5.32 Å². The number of anilines is 1. The molecule has 0 saturated heterocycles. The fraction of sp³-hybridized carbons (Fsp3) is 0.136. The van der Waals surface area contributed by atoms with Gasteiger partial charge in [-0.05, 0) is 36.8 Å². The van der Waals surface area contributed by atoms with Crippen molar-refractivity contribution in [3.05, 3.63) is 105 Å². The maximum Gasteiger partial charge on any atom is 0.269 e. The second-order valence-corrected chi connectivity index (χ2v) is 6.99. The van der Waals surface area contributed by atoms with Gasteiger partial charge in [0.15, 0.2) is 5.78 Å². The molecule has 0 bridgehead atoms. The van der Waals surface area contributed by atoms with Crippen LogP contribution in [-0.2, 0) is 0 Å². The number of benzene rings is 3. The number of carbonyl (C=O) groups is 1. The van der Waals surface area contributed by atoms with Gasteiger partial charge in [-0.1, -0.05) is 53.6 Å². The predicted molar refractivity (Wildman–Crippen MR) is 111 cm³/mol. The summed E-state index contributed by atoms with van der Waals surface area (Å²) < 4.78 is 0. The highest BCUT2D eigenvalue weighted by Gasteiger charge is 2.19. The highest BCUT2D eigenvalue weighted by molar-refractivity contribution is 6.30. The van der Waals surface area contributed by atoms with E-state index in [1.54, 1.807) is 36.4 Å². The fourth-order valence-corrected chi connectivity index (χ4v) is 3.02. The number of non-ortho nitro benzene ring substituents is 1. The van der Waals surface area contributed by atoms with Crippen molar-refractivity contribution in [3.8, 4) is 0 Å². The van der Waals surface area contributed by atoms with Crippen molar-refractivity contribution in [2.45, 2.75) is 19.4 Å². The van der Waals surface area contributed by atoms with Crippen LogP contribution >= 0.6 is 11.6 Å². The smallest absolute Gasteiger partial charge is 0.269 e. The third-order valence-electron chi connectivity index (χ3n) is 4.43. The van der Waals surface area contributed by atoms with E-state index in [4.69, 9.17) is 11.6 Å². The zero-order valence-electron chi connectivity index (χ0n) is 15.3. The van der Waals surface area contributed by atoms with E-state index in [1.807, 2.05) is 31.2 Å². The summed E-state index contributed by atoms with van der Waals surface area (Å²) in [5.41, 5.74) is 3.12. The molecule has 3 rings (SSSR count). The summed E-state index contributed by atoms with van der Waals surface area (Å²) in [6, 6.07) is 20.4. The minimum Gasteiger partial charge on any atom is -0.378 e. The van der Waals surface area contributed by atoms with E-state index in [0.29, 0.717) is 16.1 Å². The Labute approximate surface area is 168 Å². The summed E-state index contributed by atoms with van der Waals surface area (Å²) >= 11 is 5.94. The number of nitrogens with zero attached hydrogens (tertiary/aromatic N) is 1. The van der Waals surface area contributed by atoms with Gasteiger partial charge in [0, 0.05) is 34.8 Å². The summed E-state index contributed by atoms with van der Waals surface area (Å²) in [6.07, 6.45) is 0.160. The van der Waals surface area contributed by atoms with Crippen molar-refractivity contribution < 1.29 is 9.72 Å². The van der Waals surface area contributed by atoms with Crippen molar-refractivity contribution >= 4 is 28.8 Å². The highest BCUT2D eigenvalue weighted by Crippen LogP contribution is 2.28. The van der Waals surface area contributed by atoms with Crippen LogP contribution in [0.25, 0.3) is 0 Å². The zero-order chi connectivity index (χ0) is 20.1. The van der Waals surface area contributed by atoms with Gasteiger partial charge in [0.25, 0.3) is 5.69 Å². The van der Waals surface area contributed by atoms with Crippen LogP contribution in [-0.4, -0.2) is 10.7 Å². The molecule has 0 aliphatic heterocycles. The number of nitrogens with one attached hydrogen (secondary N) is 1. The molecule has 1 N–H and O–H groups in total. The molecule has 0 fully saturated rings. The molecule has 5 nitrogen and oxygen atoms in total. The quantitative estimate of drug-likeness (QED) is 0.304. The number of carbonyl (C=O) groups excluding carboxylic acids is 1. The van der Waals surface area contributed by atoms with E-state index in [9.17, 15) is 14.9 Å². The largest absolute Gasteiger partial charge is 0.378 e. The molecule has 28 heavy (non-hydrogen) atoms. The summed E-state index contributed by atoms with van der Waals surface area (Å²) in [4.78, 5) is 23.5. The van der Waals surface area contributed by atoms with Crippen LogP contribution in [0.1, 0.15) is 33.9 Å². The second kappa shape index (κ2) is 8.67. The van der Waals surface area contributed by atoms with E-state index in [1.165, 1.54) is 12.1 Å². The standard InChI is InChI=1S/C22H19ClN2O3/c1-15-5-7-16(8-6-15)22(26)14-21(24-19-11-9-18(23)10-12-19)17-3-2-4-20(13-17)25(27)28/h2-13,21,24H,14H2,1H3. The first-order valence-electron chi connectivity index (χ1n) is 8.79. The van der Waals surface area contributed by atoms with Crippen LogP contribution in [0.4, 0.5) is 11.4 Å². The van der Waals surface area contributed by atoms with Gasteiger partial charge in [0.2, 0.25) is 0 Å². The molecule has 6 heteroatoms. The average Bonchev–Trinajstić information content (AvgIpc) is 2.69. The molecule has 0 aliphatic carbocycles. The Morgan fingerprint density at radius 1 is 1.07 bits per heavy atom. The lowest BCUT2D eigenvalue weighted by Crippen LogP contribution is -2.16. The topological polar surface area (TPSA) is 72.2 Å². The van der Waals surface area contributed by atoms with Gasteiger partial charge in [-0.2, -0.15) is 0 Å². The Hall–Kier alpha value is -3.18. The number of nitro groups is 1. The summed E-state index contributed by atoms with van der Waals surface area (Å²) in [7, 11) is 0. The van der Waals surface area contributed by atoms with Crippen molar-refractivity contribution in [2.24, 2.45) is 0 Å². The first-order chi connectivity index (χ1) is 13.4. The number of hydrogen-bond acceptors (Lipinski definition) is 4. The Bertz CT molecular complexity index is 985. The van der Waals surface area contributed by atoms with E-state index in [0.717, 1.165) is 11.3 Å². The minimum absolute atomic E-state index is 0.0109. The normalized spacial score (nSPS) is 11.6. The number of halogens is 1. The van der Waals surface area contributed by atoms with Gasteiger partial charge in [-0.25, -0.2) is 0 Å². The lowest BCUT2D eigenvalue weighted by molar-refractivity contribution is -0.384. The molecule has 142 valence electrons. The number of aryl methyl sites for hydroxylation is 1. The minimum atomic E-state index is -0.440. The van der Waals surface area contributed by atoms with Crippen LogP contribution < -0.4 is 5.32 Å². The molecule has 3 aromatic rings. The van der Waals surface area contributed by atoms with Crippen LogP contribution in [0.3, 0.4) is 0 Å². The summed E-state index contributed by atoms with van der Waals surface area (Å²) in [5, 5.41) is 15.1. The van der Waals surface area contributed by atoms with Crippen LogP contribution in [0, 0.1) is 17.0 Å². The Balaban J connectivity index is 1.90. The van der Waals surface area contributed by atoms with E-state index >= 15 is 0 Å². The monoisotopic (exact) mass is 394 g/mol. The SMILES string of the molecule is Cc1ccc(C(=O)CC(Nc2ccc(Cl)cc2)c2cccc([N+](=O)[O-])c2)cc1. The summed E-state index contributed by atoms with van der Waals surface area (Å²) in [5.74, 6) is -0.0435. The molecule has 0 spiro atoms. The molecule has 1 atom stereocenters. The molecule has 0 aliphatic rings. The van der Waals surface area contributed by atoms with Gasteiger partial charge >= 0.3 is 0 Å². The maximum atomic E-state index is 12.8. The lowest BCUT2D eigenvalue weighted by Gasteiger charge is -2.20. The van der Waals surface area contributed by atoms with Gasteiger partial charge in [0.05, 0.1) is 11.0 Å². The number of ketones is 1. The van der Waals surface area contributed by atoms with Crippen molar-refractivity contribution in [1.82, 2.24) is 0 Å². The van der Waals surface area contributed by atoms with Gasteiger partial charge in [-0.3, -0.25) is 14.9 Å². The second-order valence-electron chi connectivity index (χ2n) is 6.55. The van der Waals surface area contributed by atoms with Gasteiger partial charge in [-0.15, -0.1) is 0 Å². The molecule has 0 aromatic heterocycles. The number of Topliss-reactive ketones (excluding diaryl/α,β-unsaturated/α-hetero) is 1. The van der Waals surface area contributed by atoms with Crippen molar-refractivity contribution in [3.63, 3.8) is 0 Å². The summed E-state index contributed by atoms with van der Waals surface area (Å²) in [6.45, 7) is 1.96. The third kappa shape index (κ3) is 4.96. The number of nitro benzene ring substituents is 1. The van der Waals surface area contributed by atoms with E-state index < -0.39 is 11.0 Å². The Morgan fingerprint density at radius 3 is 2.39 bits per heavy atom. The van der Waals surface area contributed by atoms with Crippen LogP contribution in [0.2, 0.25) is 5.02 Å². The predicted octanol–water partition coefficient (Wildman–Crippen LogP) is 5.98. The van der Waals surface area contributed by atoms with Crippen LogP contribution in [0.5, 0.6) is 0 Å². The number of hydrogen-bond donors (Lipinski definition) is 1. The molecular weight excluding hydrogens is 376 g/mol. The fourth-order valence-electron chi connectivity index (χ4n) is 2.90. The molecule has 1 unspecified atom stereocenters.